The van der Waals surface area contributed by atoms with E-state index in [1.807, 2.05) is 4.72 Å². The van der Waals surface area contributed by atoms with Crippen LogP contribution in [0.25, 0.3) is 0 Å². The van der Waals surface area contributed by atoms with Crippen LogP contribution in [0.2, 0.25) is 0 Å². The molecule has 0 bridgehead atoms. The van der Waals surface area contributed by atoms with Gasteiger partial charge in [0, 0.05) is 6.42 Å². The van der Waals surface area contributed by atoms with E-state index in [0.29, 0.717) is 0 Å². The highest BCUT2D eigenvalue weighted by Gasteiger charge is 2.23. The molecule has 92 valence electrons. The predicted octanol–water partition coefficient (Wildman–Crippen LogP) is -0.590. The van der Waals surface area contributed by atoms with Crippen LogP contribution in [-0.4, -0.2) is 42.4 Å². The number of rotatable bonds is 8. The molecular formula is C8H13NO6S. The Labute approximate surface area is 92.8 Å². The monoisotopic (exact) mass is 251 g/mol. The standard InChI is InChI=1S/C8H13NO6S/c1-2-5-16(14,15)9-6(8(12)13)3-4-7(10)11/h2,6,9H,1,3-5H2,(H,10,11)(H,12,13). The Balaban J connectivity index is 4.51. The summed E-state index contributed by atoms with van der Waals surface area (Å²) in [4.78, 5) is 20.9. The lowest BCUT2D eigenvalue weighted by atomic mass is 10.2. The van der Waals surface area contributed by atoms with Gasteiger partial charge in [-0.1, -0.05) is 6.08 Å². The number of carboxylic acids is 2. The third-order valence-corrected chi connectivity index (χ3v) is 2.92. The quantitative estimate of drug-likeness (QED) is 0.496. The van der Waals surface area contributed by atoms with E-state index in [0.717, 1.165) is 6.08 Å². The van der Waals surface area contributed by atoms with E-state index in [2.05, 4.69) is 6.58 Å². The fourth-order valence-corrected chi connectivity index (χ4v) is 1.98. The van der Waals surface area contributed by atoms with Crippen molar-refractivity contribution in [3.05, 3.63) is 12.7 Å². The summed E-state index contributed by atoms with van der Waals surface area (Å²) in [6, 6.07) is -1.43. The van der Waals surface area contributed by atoms with Gasteiger partial charge in [0.15, 0.2) is 0 Å². The van der Waals surface area contributed by atoms with E-state index in [4.69, 9.17) is 10.2 Å². The van der Waals surface area contributed by atoms with Gasteiger partial charge in [0.1, 0.15) is 6.04 Å². The molecule has 0 saturated carbocycles. The largest absolute Gasteiger partial charge is 0.481 e. The first kappa shape index (κ1) is 14.6. The molecule has 0 rings (SSSR count). The van der Waals surface area contributed by atoms with Crippen molar-refractivity contribution in [1.29, 1.82) is 0 Å². The first-order valence-corrected chi connectivity index (χ1v) is 5.99. The molecule has 16 heavy (non-hydrogen) atoms. The summed E-state index contributed by atoms with van der Waals surface area (Å²) in [5, 5.41) is 17.0. The third-order valence-electron chi connectivity index (χ3n) is 1.60. The molecule has 1 unspecified atom stereocenters. The van der Waals surface area contributed by atoms with E-state index in [1.54, 1.807) is 0 Å². The second kappa shape index (κ2) is 6.23. The number of carboxylic acid groups (broad SMARTS) is 2. The van der Waals surface area contributed by atoms with Gasteiger partial charge in [0.2, 0.25) is 10.0 Å². The van der Waals surface area contributed by atoms with E-state index in [-0.39, 0.29) is 6.42 Å². The van der Waals surface area contributed by atoms with Crippen molar-refractivity contribution >= 4 is 22.0 Å². The van der Waals surface area contributed by atoms with Gasteiger partial charge in [-0.2, -0.15) is 0 Å². The molecule has 0 saturated heterocycles. The molecule has 0 aromatic heterocycles. The lowest BCUT2D eigenvalue weighted by Crippen LogP contribution is -2.41. The lowest BCUT2D eigenvalue weighted by molar-refractivity contribution is -0.140. The smallest absolute Gasteiger partial charge is 0.321 e. The highest BCUT2D eigenvalue weighted by atomic mass is 32.2. The molecule has 0 spiro atoms. The molecule has 0 aliphatic heterocycles. The van der Waals surface area contributed by atoms with Crippen LogP contribution < -0.4 is 4.72 Å². The minimum absolute atomic E-state index is 0.305. The Kier molecular flexibility index (Phi) is 5.68. The van der Waals surface area contributed by atoms with E-state index >= 15 is 0 Å². The molecule has 0 fully saturated rings. The van der Waals surface area contributed by atoms with Gasteiger partial charge in [-0.25, -0.2) is 13.1 Å². The number of hydrogen-bond donors (Lipinski definition) is 3. The highest BCUT2D eigenvalue weighted by molar-refractivity contribution is 7.89. The van der Waals surface area contributed by atoms with Gasteiger partial charge < -0.3 is 10.2 Å². The second-order valence-corrected chi connectivity index (χ2v) is 4.81. The van der Waals surface area contributed by atoms with Crippen LogP contribution in [0.1, 0.15) is 12.8 Å². The summed E-state index contributed by atoms with van der Waals surface area (Å²) in [5.41, 5.74) is 0. The first-order chi connectivity index (χ1) is 7.28. The number of hydrogen-bond acceptors (Lipinski definition) is 4. The van der Waals surface area contributed by atoms with Crippen molar-refractivity contribution in [3.8, 4) is 0 Å². The van der Waals surface area contributed by atoms with Crippen molar-refractivity contribution < 1.29 is 28.2 Å². The Morgan fingerprint density at radius 2 is 1.94 bits per heavy atom. The maximum absolute atomic E-state index is 11.2. The topological polar surface area (TPSA) is 121 Å². The van der Waals surface area contributed by atoms with E-state index in [1.165, 1.54) is 0 Å². The first-order valence-electron chi connectivity index (χ1n) is 4.34. The third kappa shape index (κ3) is 6.14. The number of nitrogens with one attached hydrogen (secondary N) is 1. The molecule has 0 aliphatic carbocycles. The SMILES string of the molecule is C=CCS(=O)(=O)NC(CCC(=O)O)C(=O)O. The molecule has 0 aromatic rings. The Hall–Kier alpha value is -1.41. The van der Waals surface area contributed by atoms with Crippen LogP contribution in [0.5, 0.6) is 0 Å². The Morgan fingerprint density at radius 1 is 1.38 bits per heavy atom. The van der Waals surface area contributed by atoms with Gasteiger partial charge in [0.25, 0.3) is 0 Å². The van der Waals surface area contributed by atoms with Crippen molar-refractivity contribution in [3.63, 3.8) is 0 Å². The van der Waals surface area contributed by atoms with E-state index < -0.39 is 40.2 Å². The summed E-state index contributed by atoms with van der Waals surface area (Å²) in [6.45, 7) is 3.21. The summed E-state index contributed by atoms with van der Waals surface area (Å²) in [7, 11) is -3.77. The summed E-state index contributed by atoms with van der Waals surface area (Å²) in [5.74, 6) is -3.01. The summed E-state index contributed by atoms with van der Waals surface area (Å²) in [6.07, 6.45) is 0.382. The van der Waals surface area contributed by atoms with Crippen LogP contribution in [-0.2, 0) is 19.6 Å². The van der Waals surface area contributed by atoms with Crippen LogP contribution in [0.3, 0.4) is 0 Å². The van der Waals surface area contributed by atoms with Gasteiger partial charge in [-0.3, -0.25) is 9.59 Å². The molecular weight excluding hydrogens is 238 g/mol. The minimum atomic E-state index is -3.77. The fourth-order valence-electron chi connectivity index (χ4n) is 0.921. The average Bonchev–Trinajstić information content (AvgIpc) is 2.11. The van der Waals surface area contributed by atoms with Crippen LogP contribution in [0.15, 0.2) is 12.7 Å². The molecule has 3 N–H and O–H groups in total. The molecule has 0 aliphatic rings. The molecule has 0 aromatic carbocycles. The molecule has 0 radical (unpaired) electrons. The predicted molar refractivity (Wildman–Crippen MR) is 55.4 cm³/mol. The zero-order chi connectivity index (χ0) is 12.8. The van der Waals surface area contributed by atoms with Crippen molar-refractivity contribution in [2.75, 3.05) is 5.75 Å². The van der Waals surface area contributed by atoms with Crippen LogP contribution in [0.4, 0.5) is 0 Å². The molecule has 8 heteroatoms. The normalized spacial score (nSPS) is 13.0. The maximum Gasteiger partial charge on any atom is 0.321 e. The van der Waals surface area contributed by atoms with Gasteiger partial charge in [0.05, 0.1) is 5.75 Å². The molecule has 0 heterocycles. The van der Waals surface area contributed by atoms with Crippen LogP contribution in [0, 0.1) is 0 Å². The second-order valence-electron chi connectivity index (χ2n) is 3.01. The lowest BCUT2D eigenvalue weighted by Gasteiger charge is -2.12. The zero-order valence-electron chi connectivity index (χ0n) is 8.42. The van der Waals surface area contributed by atoms with Gasteiger partial charge in [-0.15, -0.1) is 6.58 Å². The summed E-state index contributed by atoms with van der Waals surface area (Å²) < 4.78 is 24.3. The molecule has 0 amide bonds. The minimum Gasteiger partial charge on any atom is -0.481 e. The van der Waals surface area contributed by atoms with Crippen LogP contribution >= 0.6 is 0 Å². The van der Waals surface area contributed by atoms with Gasteiger partial charge in [-0.05, 0) is 6.42 Å². The molecule has 7 nitrogen and oxygen atoms in total. The number of carbonyl (C=O) groups is 2. The van der Waals surface area contributed by atoms with E-state index in [9.17, 15) is 18.0 Å². The number of aliphatic carboxylic acids is 2. The summed E-state index contributed by atoms with van der Waals surface area (Å²) >= 11 is 0. The maximum atomic E-state index is 11.2. The Morgan fingerprint density at radius 3 is 2.31 bits per heavy atom. The number of sulfonamides is 1. The molecule has 1 atom stereocenters. The Bertz CT molecular complexity index is 374. The zero-order valence-corrected chi connectivity index (χ0v) is 9.24. The van der Waals surface area contributed by atoms with Gasteiger partial charge >= 0.3 is 11.9 Å². The van der Waals surface area contributed by atoms with Crippen molar-refractivity contribution in [2.24, 2.45) is 0 Å². The van der Waals surface area contributed by atoms with Crippen molar-refractivity contribution in [1.82, 2.24) is 4.72 Å². The van der Waals surface area contributed by atoms with Crippen molar-refractivity contribution in [2.45, 2.75) is 18.9 Å². The fraction of sp³-hybridized carbons (Fsp3) is 0.500. The average molecular weight is 251 g/mol. The highest BCUT2D eigenvalue weighted by Crippen LogP contribution is 2.00.